The number of nitrogens with one attached hydrogen (secondary N) is 1. The fourth-order valence-electron chi connectivity index (χ4n) is 7.25. The minimum atomic E-state index is -0.795. The van der Waals surface area contributed by atoms with Crippen LogP contribution in [0.25, 0.3) is 43.9 Å². The maximum absolute atomic E-state index is 16.2. The molecule has 5 heterocycles. The minimum Gasteiger partial charge on any atom is -0.490 e. The van der Waals surface area contributed by atoms with E-state index in [1.807, 2.05) is 36.0 Å². The third-order valence-electron chi connectivity index (χ3n) is 9.88. The van der Waals surface area contributed by atoms with Gasteiger partial charge in [0.1, 0.15) is 35.4 Å². The van der Waals surface area contributed by atoms with E-state index in [4.69, 9.17) is 19.6 Å². The highest BCUT2D eigenvalue weighted by Crippen LogP contribution is 2.48. The summed E-state index contributed by atoms with van der Waals surface area (Å²) in [6, 6.07) is 11.7. The Labute approximate surface area is 304 Å². The Bertz CT molecular complexity index is 2200. The Hall–Kier alpha value is -4.98. The first-order chi connectivity index (χ1) is 25.1. The summed E-state index contributed by atoms with van der Waals surface area (Å²) in [7, 11) is 3.16. The number of ether oxygens (including phenoxy) is 2. The number of carbonyl (C=O) groups excluding carboxylic acids is 2. The molecule has 0 aliphatic carbocycles. The molecule has 10 nitrogen and oxygen atoms in total. The van der Waals surface area contributed by atoms with Crippen molar-refractivity contribution in [1.29, 1.82) is 0 Å². The normalized spacial score (nSPS) is 17.2. The quantitative estimate of drug-likeness (QED) is 0.129. The van der Waals surface area contributed by atoms with Crippen LogP contribution in [0.5, 0.6) is 5.75 Å². The number of fused-ring (bicyclic) bond motifs is 3. The van der Waals surface area contributed by atoms with Crippen molar-refractivity contribution in [3.63, 3.8) is 0 Å². The number of pyridine rings is 1. The van der Waals surface area contributed by atoms with Crippen LogP contribution in [0.1, 0.15) is 42.8 Å². The number of aromatic nitrogens is 3. The average molecular weight is 727 g/mol. The van der Waals surface area contributed by atoms with Gasteiger partial charge >= 0.3 is 0 Å². The molecule has 0 saturated heterocycles. The summed E-state index contributed by atoms with van der Waals surface area (Å²) in [6.07, 6.45) is 2.13. The molecule has 270 valence electrons. The molecular weight excluding hydrogens is 687 g/mol. The van der Waals surface area contributed by atoms with Crippen LogP contribution in [-0.4, -0.2) is 83.4 Å². The SMILES string of the molecule is C=CC(=O)N1C[C@H](C)n2nc(-c3nc(-c4ccc5c(c4)CN(CC(=O)NC)CC5)c4ccsc4c3-c3c(F)cc(F)cc3OCCOC)cc2[C@H]1C. The Morgan fingerprint density at radius 1 is 1.08 bits per heavy atom. The maximum atomic E-state index is 16.2. The fraction of sp³-hybridized carbons (Fsp3) is 0.333. The topological polar surface area (TPSA) is 102 Å². The molecule has 0 bridgehead atoms. The highest BCUT2D eigenvalue weighted by atomic mass is 32.1. The van der Waals surface area contributed by atoms with Crippen molar-refractivity contribution in [2.45, 2.75) is 38.9 Å². The van der Waals surface area contributed by atoms with E-state index >= 15 is 4.39 Å². The predicted molar refractivity (Wildman–Crippen MR) is 197 cm³/mol. The fourth-order valence-corrected chi connectivity index (χ4v) is 8.20. The number of halogens is 2. The average Bonchev–Trinajstić information content (AvgIpc) is 3.81. The first kappa shape index (κ1) is 35.4. The van der Waals surface area contributed by atoms with Crippen molar-refractivity contribution in [2.24, 2.45) is 0 Å². The number of likely N-dealkylation sites (N-methyl/N-ethyl adjacent to an activating group) is 1. The summed E-state index contributed by atoms with van der Waals surface area (Å²) in [5.41, 5.74) is 6.04. The molecule has 2 aliphatic heterocycles. The molecule has 0 spiro atoms. The molecule has 0 saturated carbocycles. The van der Waals surface area contributed by atoms with Crippen molar-refractivity contribution in [3.05, 3.63) is 89.0 Å². The van der Waals surface area contributed by atoms with Crippen molar-refractivity contribution in [3.8, 4) is 39.5 Å². The highest BCUT2D eigenvalue weighted by molar-refractivity contribution is 7.18. The smallest absolute Gasteiger partial charge is 0.246 e. The van der Waals surface area contributed by atoms with Gasteiger partial charge in [-0.15, -0.1) is 11.3 Å². The summed E-state index contributed by atoms with van der Waals surface area (Å²) in [4.78, 5) is 34.2. The number of methoxy groups -OCH3 is 1. The van der Waals surface area contributed by atoms with Gasteiger partial charge in [-0.2, -0.15) is 5.10 Å². The summed E-state index contributed by atoms with van der Waals surface area (Å²) < 4.78 is 44.8. The zero-order chi connectivity index (χ0) is 36.7. The van der Waals surface area contributed by atoms with Crippen LogP contribution in [0.4, 0.5) is 8.78 Å². The Morgan fingerprint density at radius 2 is 1.90 bits per heavy atom. The second-order valence-corrected chi connectivity index (χ2v) is 14.1. The molecule has 5 aromatic rings. The van der Waals surface area contributed by atoms with E-state index in [1.54, 1.807) is 11.9 Å². The molecule has 13 heteroatoms. The second-order valence-electron chi connectivity index (χ2n) is 13.2. The lowest BCUT2D eigenvalue weighted by atomic mass is 9.93. The van der Waals surface area contributed by atoms with E-state index in [-0.39, 0.29) is 48.4 Å². The van der Waals surface area contributed by atoms with Crippen LogP contribution >= 0.6 is 11.3 Å². The molecule has 1 N–H and O–H groups in total. The van der Waals surface area contributed by atoms with Gasteiger partial charge in [-0.25, -0.2) is 13.8 Å². The van der Waals surface area contributed by atoms with Crippen molar-refractivity contribution in [1.82, 2.24) is 29.9 Å². The van der Waals surface area contributed by atoms with Gasteiger partial charge in [0.05, 0.1) is 42.2 Å². The number of nitrogens with zero attached hydrogens (tertiary/aromatic N) is 5. The van der Waals surface area contributed by atoms with Gasteiger partial charge < -0.3 is 19.7 Å². The summed E-state index contributed by atoms with van der Waals surface area (Å²) >= 11 is 1.43. The predicted octanol–water partition coefficient (Wildman–Crippen LogP) is 6.55. The first-order valence-corrected chi connectivity index (χ1v) is 18.1. The number of rotatable bonds is 10. The van der Waals surface area contributed by atoms with Crippen LogP contribution in [0.15, 0.2) is 60.5 Å². The largest absolute Gasteiger partial charge is 0.490 e. The first-order valence-electron chi connectivity index (χ1n) is 17.2. The van der Waals surface area contributed by atoms with Gasteiger partial charge in [0.15, 0.2) is 0 Å². The minimum absolute atomic E-state index is 0.0264. The molecular formula is C39H40F2N6O4S. The summed E-state index contributed by atoms with van der Waals surface area (Å²) in [6.45, 7) is 10.0. The van der Waals surface area contributed by atoms with Gasteiger partial charge in [-0.05, 0) is 61.1 Å². The molecule has 0 unspecified atom stereocenters. The zero-order valence-corrected chi connectivity index (χ0v) is 30.4. The van der Waals surface area contributed by atoms with E-state index < -0.39 is 11.6 Å². The Morgan fingerprint density at radius 3 is 2.67 bits per heavy atom. The van der Waals surface area contributed by atoms with Crippen molar-refractivity contribution < 1.29 is 27.8 Å². The van der Waals surface area contributed by atoms with E-state index in [2.05, 4.69) is 35.0 Å². The van der Waals surface area contributed by atoms with Gasteiger partial charge in [-0.3, -0.25) is 19.2 Å². The molecule has 7 rings (SSSR count). The molecule has 52 heavy (non-hydrogen) atoms. The number of hydrogen-bond acceptors (Lipinski definition) is 8. The summed E-state index contributed by atoms with van der Waals surface area (Å²) in [5, 5.41) is 10.5. The lowest BCUT2D eigenvalue weighted by Crippen LogP contribution is -2.42. The van der Waals surface area contributed by atoms with E-state index in [0.717, 1.165) is 45.9 Å². The lowest BCUT2D eigenvalue weighted by molar-refractivity contribution is -0.129. The van der Waals surface area contributed by atoms with E-state index in [1.165, 1.54) is 36.2 Å². The van der Waals surface area contributed by atoms with Crippen LogP contribution in [0, 0.1) is 11.6 Å². The third kappa shape index (κ3) is 6.48. The number of hydrogen-bond donors (Lipinski definition) is 1. The molecule has 3 aromatic heterocycles. The number of benzene rings is 2. The number of thiophene rings is 1. The Balaban J connectivity index is 1.45. The second kappa shape index (κ2) is 14.6. The third-order valence-corrected chi connectivity index (χ3v) is 10.8. The van der Waals surface area contributed by atoms with Crippen LogP contribution < -0.4 is 10.1 Å². The molecule has 2 aliphatic rings. The van der Waals surface area contributed by atoms with Gasteiger partial charge in [0.25, 0.3) is 0 Å². The molecule has 0 radical (unpaired) electrons. The molecule has 2 amide bonds. The molecule has 2 aromatic carbocycles. The van der Waals surface area contributed by atoms with Gasteiger partial charge in [-0.1, -0.05) is 18.7 Å². The monoisotopic (exact) mass is 726 g/mol. The van der Waals surface area contributed by atoms with Gasteiger partial charge in [0, 0.05) is 67.1 Å². The number of carbonyl (C=O) groups is 2. The van der Waals surface area contributed by atoms with Crippen molar-refractivity contribution in [2.75, 3.05) is 47.0 Å². The Kier molecular flexibility index (Phi) is 9.92. The number of amides is 2. The van der Waals surface area contributed by atoms with Crippen molar-refractivity contribution >= 4 is 33.2 Å². The lowest BCUT2D eigenvalue weighted by Gasteiger charge is -2.36. The van der Waals surface area contributed by atoms with Crippen LogP contribution in [0.2, 0.25) is 0 Å². The van der Waals surface area contributed by atoms with Gasteiger partial charge in [0.2, 0.25) is 11.8 Å². The highest BCUT2D eigenvalue weighted by Gasteiger charge is 2.34. The van der Waals surface area contributed by atoms with Crippen LogP contribution in [0.3, 0.4) is 0 Å². The molecule has 0 fully saturated rings. The maximum Gasteiger partial charge on any atom is 0.246 e. The van der Waals surface area contributed by atoms with Crippen LogP contribution in [-0.2, 0) is 27.3 Å². The summed E-state index contributed by atoms with van der Waals surface area (Å²) in [5.74, 6) is -1.76. The zero-order valence-electron chi connectivity index (χ0n) is 29.5. The van der Waals surface area contributed by atoms with E-state index in [9.17, 15) is 14.0 Å². The molecule has 2 atom stereocenters. The van der Waals surface area contributed by atoms with E-state index in [0.29, 0.717) is 42.3 Å². The standard InChI is InChI=1S/C39H40F2N6O4S/c1-6-34(49)46-19-22(2)47-31(23(46)3)18-30(44-47)38-36(35-29(41)16-27(40)17-32(35)51-13-12-50-5)39-28(10-14-52-39)37(43-38)25-8-7-24-9-11-45(20-26(24)15-25)21-33(48)42-4/h6-8,10,14-18,22-23H,1,9,11-13,19-21H2,2-5H3,(H,42,48)/t22-,23+/m0/s1.